The van der Waals surface area contributed by atoms with E-state index in [1.807, 2.05) is 19.1 Å². The summed E-state index contributed by atoms with van der Waals surface area (Å²) < 4.78 is 38.7. The number of hydrogen-bond acceptors (Lipinski definition) is 3. The molecule has 1 aromatic heterocycles. The van der Waals surface area contributed by atoms with E-state index in [4.69, 9.17) is 0 Å². The molecule has 0 N–H and O–H groups in total. The minimum Gasteiger partial charge on any atom is -0.261 e. The summed E-state index contributed by atoms with van der Waals surface area (Å²) in [5.74, 6) is 0.546. The predicted molar refractivity (Wildman–Crippen MR) is 87.0 cm³/mol. The van der Waals surface area contributed by atoms with Gasteiger partial charge < -0.3 is 0 Å². The lowest BCUT2D eigenvalue weighted by Gasteiger charge is -2.10. The van der Waals surface area contributed by atoms with E-state index in [1.165, 1.54) is 18.7 Å². The van der Waals surface area contributed by atoms with Crippen LogP contribution in [0, 0.1) is 0 Å². The fraction of sp³-hybridized carbons (Fsp3) is 0.375. The van der Waals surface area contributed by atoms with Crippen LogP contribution in [-0.4, -0.2) is 16.2 Å². The topological polar surface area (TPSA) is 25.2 Å². The van der Waals surface area contributed by atoms with Crippen LogP contribution in [0.5, 0.6) is 0 Å². The van der Waals surface area contributed by atoms with E-state index in [0.717, 1.165) is 23.8 Å². The number of pyridine rings is 1. The minimum absolute atomic E-state index is 0.314. The molecule has 22 heavy (non-hydrogen) atoms. The van der Waals surface area contributed by atoms with Crippen molar-refractivity contribution < 1.29 is 13.2 Å². The molecule has 0 atom stereocenters. The number of nitrogens with zero attached hydrogens (tertiary/aromatic N) is 2. The molecule has 1 aromatic rings. The normalized spacial score (nSPS) is 13.4. The average Bonchev–Trinajstić information content (AvgIpc) is 2.43. The molecule has 0 radical (unpaired) electrons. The summed E-state index contributed by atoms with van der Waals surface area (Å²) in [5.41, 5.74) is 1.36. The number of aryl methyl sites for hydroxylation is 1. The van der Waals surface area contributed by atoms with Gasteiger partial charge in [0, 0.05) is 17.6 Å². The lowest BCUT2D eigenvalue weighted by atomic mass is 10.2. The molecule has 0 unspecified atom stereocenters. The zero-order valence-electron chi connectivity index (χ0n) is 12.9. The highest BCUT2D eigenvalue weighted by Crippen LogP contribution is 2.29. The van der Waals surface area contributed by atoms with Gasteiger partial charge >= 0.3 is 6.18 Å². The number of hydrogen-bond donors (Lipinski definition) is 0. The second-order valence-electron chi connectivity index (χ2n) is 4.76. The van der Waals surface area contributed by atoms with E-state index >= 15 is 0 Å². The molecule has 1 rings (SSSR count). The zero-order valence-corrected chi connectivity index (χ0v) is 13.7. The third kappa shape index (κ3) is 6.05. The number of allylic oxidation sites excluding steroid dienone is 3. The summed E-state index contributed by atoms with van der Waals surface area (Å²) in [6.07, 6.45) is -1.03. The van der Waals surface area contributed by atoms with E-state index in [9.17, 15) is 13.2 Å². The van der Waals surface area contributed by atoms with Crippen molar-refractivity contribution >= 4 is 16.8 Å². The maximum absolute atomic E-state index is 12.9. The third-order valence-corrected chi connectivity index (χ3v) is 3.67. The van der Waals surface area contributed by atoms with Crippen molar-refractivity contribution in [3.63, 3.8) is 0 Å². The van der Waals surface area contributed by atoms with Gasteiger partial charge in [-0.3, -0.25) is 4.98 Å². The second kappa shape index (κ2) is 8.17. The Hall–Kier alpha value is -1.56. The van der Waals surface area contributed by atoms with E-state index < -0.39 is 11.9 Å². The maximum atomic E-state index is 12.9. The van der Waals surface area contributed by atoms with Crippen LogP contribution in [0.15, 0.2) is 47.2 Å². The Bertz CT molecular complexity index is 589. The molecule has 0 spiro atoms. The van der Waals surface area contributed by atoms with Crippen LogP contribution in [0.4, 0.5) is 13.2 Å². The van der Waals surface area contributed by atoms with Crippen molar-refractivity contribution in [1.82, 2.24) is 4.98 Å². The minimum atomic E-state index is -4.48. The molecule has 0 saturated carbocycles. The molecule has 0 aliphatic carbocycles. The molecule has 0 amide bonds. The van der Waals surface area contributed by atoms with Gasteiger partial charge in [-0.1, -0.05) is 25.1 Å². The van der Waals surface area contributed by atoms with Crippen molar-refractivity contribution in [1.29, 1.82) is 0 Å². The van der Waals surface area contributed by atoms with Crippen LogP contribution in [0.25, 0.3) is 0 Å². The number of alkyl halides is 3. The van der Waals surface area contributed by atoms with Crippen molar-refractivity contribution in [3.05, 3.63) is 53.5 Å². The molecule has 1 heterocycles. The standard InChI is InChI=1S/C16H19F3N2S/c1-5-14-13(7-6-8-20-14)10-22-12(4)21-15(9-11(2)3)16(17,18)19/h6-9H,2,5,10H2,1,3-4H3/b15-9-,21-12+. The van der Waals surface area contributed by atoms with Crippen molar-refractivity contribution in [2.24, 2.45) is 4.99 Å². The molecule has 0 saturated heterocycles. The summed E-state index contributed by atoms with van der Waals surface area (Å²) in [6, 6.07) is 3.75. The lowest BCUT2D eigenvalue weighted by molar-refractivity contribution is -0.0923. The highest BCUT2D eigenvalue weighted by molar-refractivity contribution is 8.13. The summed E-state index contributed by atoms with van der Waals surface area (Å²) in [7, 11) is 0. The summed E-state index contributed by atoms with van der Waals surface area (Å²) in [4.78, 5) is 7.95. The molecule has 0 fully saturated rings. The SMILES string of the molecule is C=C(C)/C=C(\N=C(/C)SCc1cccnc1CC)C(F)(F)F. The van der Waals surface area contributed by atoms with Gasteiger partial charge in [0.2, 0.25) is 0 Å². The van der Waals surface area contributed by atoms with Gasteiger partial charge in [-0.05, 0) is 38.0 Å². The first-order valence-corrected chi connectivity index (χ1v) is 7.77. The Balaban J connectivity index is 2.86. The third-order valence-electron chi connectivity index (χ3n) is 2.71. The molecule has 0 bridgehead atoms. The van der Waals surface area contributed by atoms with Gasteiger partial charge in [0.15, 0.2) is 0 Å². The van der Waals surface area contributed by atoms with Crippen molar-refractivity contribution in [2.75, 3.05) is 0 Å². The van der Waals surface area contributed by atoms with E-state index in [2.05, 4.69) is 16.6 Å². The number of rotatable bonds is 5. The van der Waals surface area contributed by atoms with E-state index in [1.54, 1.807) is 13.1 Å². The van der Waals surface area contributed by atoms with E-state index in [-0.39, 0.29) is 0 Å². The monoisotopic (exact) mass is 328 g/mol. The second-order valence-corrected chi connectivity index (χ2v) is 5.92. The fourth-order valence-electron chi connectivity index (χ4n) is 1.72. The summed E-state index contributed by atoms with van der Waals surface area (Å²) in [6.45, 7) is 8.55. The molecular weight excluding hydrogens is 309 g/mol. The molecule has 6 heteroatoms. The zero-order chi connectivity index (χ0) is 16.8. The lowest BCUT2D eigenvalue weighted by Crippen LogP contribution is -2.11. The van der Waals surface area contributed by atoms with Crippen LogP contribution in [-0.2, 0) is 12.2 Å². The Morgan fingerprint density at radius 2 is 2.09 bits per heavy atom. The summed E-state index contributed by atoms with van der Waals surface area (Å²) in [5, 5.41) is 0.357. The molecule has 0 aliphatic heterocycles. The van der Waals surface area contributed by atoms with Crippen molar-refractivity contribution in [2.45, 2.75) is 39.1 Å². The largest absolute Gasteiger partial charge is 0.433 e. The molecule has 120 valence electrons. The van der Waals surface area contributed by atoms with Gasteiger partial charge in [0.1, 0.15) is 5.70 Å². The number of halogens is 3. The quantitative estimate of drug-likeness (QED) is 0.415. The number of aliphatic imine (C=N–C) groups is 1. The van der Waals surface area contributed by atoms with Crippen molar-refractivity contribution in [3.8, 4) is 0 Å². The average molecular weight is 328 g/mol. The van der Waals surface area contributed by atoms with Gasteiger partial charge in [0.25, 0.3) is 0 Å². The Kier molecular flexibility index (Phi) is 6.87. The van der Waals surface area contributed by atoms with Gasteiger partial charge in [-0.2, -0.15) is 13.2 Å². The fourth-order valence-corrected chi connectivity index (χ4v) is 2.51. The number of thioether (sulfide) groups is 1. The van der Waals surface area contributed by atoms with Gasteiger partial charge in [0.05, 0.1) is 5.04 Å². The molecule has 2 nitrogen and oxygen atoms in total. The van der Waals surface area contributed by atoms with E-state index in [0.29, 0.717) is 16.4 Å². The Labute approximate surface area is 133 Å². The Morgan fingerprint density at radius 1 is 1.41 bits per heavy atom. The van der Waals surface area contributed by atoms with Crippen LogP contribution >= 0.6 is 11.8 Å². The van der Waals surface area contributed by atoms with Gasteiger partial charge in [-0.15, -0.1) is 11.8 Å². The van der Waals surface area contributed by atoms with Crippen LogP contribution < -0.4 is 0 Å². The van der Waals surface area contributed by atoms with Crippen LogP contribution in [0.3, 0.4) is 0 Å². The maximum Gasteiger partial charge on any atom is 0.433 e. The first-order valence-electron chi connectivity index (χ1n) is 6.79. The Morgan fingerprint density at radius 3 is 2.64 bits per heavy atom. The molecule has 0 aromatic carbocycles. The summed E-state index contributed by atoms with van der Waals surface area (Å²) >= 11 is 1.27. The first-order chi connectivity index (χ1) is 10.2. The highest BCUT2D eigenvalue weighted by atomic mass is 32.2. The number of aromatic nitrogens is 1. The smallest absolute Gasteiger partial charge is 0.261 e. The molecule has 0 aliphatic rings. The highest BCUT2D eigenvalue weighted by Gasteiger charge is 2.33. The first kappa shape index (κ1) is 18.5. The van der Waals surface area contributed by atoms with Crippen LogP contribution in [0.1, 0.15) is 32.0 Å². The van der Waals surface area contributed by atoms with Crippen LogP contribution in [0.2, 0.25) is 0 Å². The van der Waals surface area contributed by atoms with Gasteiger partial charge in [-0.25, -0.2) is 4.99 Å². The molecular formula is C16H19F3N2S. The predicted octanol–water partition coefficient (Wildman–Crippen LogP) is 5.32.